The van der Waals surface area contributed by atoms with E-state index in [9.17, 15) is 4.79 Å². The van der Waals surface area contributed by atoms with Crippen LogP contribution in [0.2, 0.25) is 0 Å². The molecule has 2 rings (SSSR count). The Morgan fingerprint density at radius 1 is 1.33 bits per heavy atom. The summed E-state index contributed by atoms with van der Waals surface area (Å²) in [5.41, 5.74) is 0. The van der Waals surface area contributed by atoms with Crippen LogP contribution in [0.5, 0.6) is 0 Å². The number of carbonyl (C=O) groups excluding carboxylic acids is 1. The minimum atomic E-state index is 0.274. The molecule has 1 heterocycles. The summed E-state index contributed by atoms with van der Waals surface area (Å²) in [5.74, 6) is 1.83. The first-order chi connectivity index (χ1) is 5.70. The Morgan fingerprint density at radius 3 is 2.75 bits per heavy atom. The number of fused-ring (bicyclic) bond motifs is 1. The lowest BCUT2D eigenvalue weighted by molar-refractivity contribution is -0.130. The van der Waals surface area contributed by atoms with Gasteiger partial charge in [-0.3, -0.25) is 4.79 Å². The van der Waals surface area contributed by atoms with Gasteiger partial charge in [0.25, 0.3) is 0 Å². The van der Waals surface area contributed by atoms with Gasteiger partial charge in [-0.15, -0.1) is 0 Å². The minimum absolute atomic E-state index is 0.274. The summed E-state index contributed by atoms with van der Waals surface area (Å²) in [6.07, 6.45) is 3.91. The molecule has 0 spiro atoms. The molecule has 0 N–H and O–H groups in total. The van der Waals surface area contributed by atoms with E-state index < -0.39 is 0 Å². The van der Waals surface area contributed by atoms with Gasteiger partial charge in [0.15, 0.2) is 0 Å². The Labute approximate surface area is 73.9 Å². The molecular weight excluding hydrogens is 150 g/mol. The molecule has 1 aliphatic heterocycles. The maximum absolute atomic E-state index is 11.3. The SMILES string of the molecule is CC(=O)N1CCC2CCC(C)C21. The van der Waals surface area contributed by atoms with Crippen molar-refractivity contribution >= 4 is 5.91 Å². The van der Waals surface area contributed by atoms with Crippen molar-refractivity contribution in [2.75, 3.05) is 6.54 Å². The second-order valence-corrected chi connectivity index (χ2v) is 4.31. The molecule has 2 aliphatic rings. The standard InChI is InChI=1S/C10H17NO/c1-7-3-4-9-5-6-11(8(2)12)10(7)9/h7,9-10H,3-6H2,1-2H3. The van der Waals surface area contributed by atoms with Gasteiger partial charge >= 0.3 is 0 Å². The van der Waals surface area contributed by atoms with Gasteiger partial charge in [0.05, 0.1) is 0 Å². The Balaban J connectivity index is 2.14. The van der Waals surface area contributed by atoms with Crippen molar-refractivity contribution in [2.24, 2.45) is 11.8 Å². The second-order valence-electron chi connectivity index (χ2n) is 4.31. The van der Waals surface area contributed by atoms with Gasteiger partial charge in [-0.25, -0.2) is 0 Å². The van der Waals surface area contributed by atoms with Crippen LogP contribution in [0.3, 0.4) is 0 Å². The van der Waals surface area contributed by atoms with Crippen LogP contribution in [-0.2, 0) is 4.79 Å². The average Bonchev–Trinajstić information content (AvgIpc) is 2.53. The fourth-order valence-corrected chi connectivity index (χ4v) is 2.98. The molecule has 0 radical (unpaired) electrons. The fraction of sp³-hybridized carbons (Fsp3) is 0.900. The Kier molecular flexibility index (Phi) is 1.85. The highest BCUT2D eigenvalue weighted by Crippen LogP contribution is 2.41. The van der Waals surface area contributed by atoms with Crippen molar-refractivity contribution < 1.29 is 4.79 Å². The highest BCUT2D eigenvalue weighted by molar-refractivity contribution is 5.74. The third-order valence-corrected chi connectivity index (χ3v) is 3.56. The van der Waals surface area contributed by atoms with Crippen LogP contribution in [0, 0.1) is 11.8 Å². The Bertz CT molecular complexity index is 202. The van der Waals surface area contributed by atoms with E-state index in [1.54, 1.807) is 6.92 Å². The van der Waals surface area contributed by atoms with E-state index >= 15 is 0 Å². The highest BCUT2D eigenvalue weighted by Gasteiger charge is 2.42. The first kappa shape index (κ1) is 8.09. The van der Waals surface area contributed by atoms with E-state index in [1.165, 1.54) is 19.3 Å². The maximum Gasteiger partial charge on any atom is 0.219 e. The van der Waals surface area contributed by atoms with E-state index in [0.717, 1.165) is 18.4 Å². The fourth-order valence-electron chi connectivity index (χ4n) is 2.98. The molecule has 1 saturated heterocycles. The number of likely N-dealkylation sites (tertiary alicyclic amines) is 1. The molecule has 3 atom stereocenters. The number of carbonyl (C=O) groups is 1. The van der Waals surface area contributed by atoms with Gasteiger partial charge in [-0.05, 0) is 31.1 Å². The molecule has 68 valence electrons. The summed E-state index contributed by atoms with van der Waals surface area (Å²) < 4.78 is 0. The third-order valence-electron chi connectivity index (χ3n) is 3.56. The molecule has 0 aromatic rings. The second kappa shape index (κ2) is 2.75. The summed E-state index contributed by atoms with van der Waals surface area (Å²) >= 11 is 0. The maximum atomic E-state index is 11.3. The Morgan fingerprint density at radius 2 is 2.08 bits per heavy atom. The molecule has 2 fully saturated rings. The van der Waals surface area contributed by atoms with Gasteiger partial charge < -0.3 is 4.90 Å². The molecule has 0 aromatic carbocycles. The lowest BCUT2D eigenvalue weighted by Crippen LogP contribution is -2.37. The summed E-state index contributed by atoms with van der Waals surface area (Å²) in [6.45, 7) is 4.99. The van der Waals surface area contributed by atoms with Crippen LogP contribution < -0.4 is 0 Å². The Hall–Kier alpha value is -0.530. The molecular formula is C10H17NO. The van der Waals surface area contributed by atoms with E-state index in [1.807, 2.05) is 0 Å². The molecule has 1 saturated carbocycles. The van der Waals surface area contributed by atoms with Crippen LogP contribution in [0.15, 0.2) is 0 Å². The van der Waals surface area contributed by atoms with Gasteiger partial charge in [-0.1, -0.05) is 6.92 Å². The van der Waals surface area contributed by atoms with E-state index in [4.69, 9.17) is 0 Å². The number of hydrogen-bond acceptors (Lipinski definition) is 1. The summed E-state index contributed by atoms with van der Waals surface area (Å²) in [7, 11) is 0. The van der Waals surface area contributed by atoms with E-state index in [0.29, 0.717) is 6.04 Å². The van der Waals surface area contributed by atoms with Crippen molar-refractivity contribution in [3.8, 4) is 0 Å². The zero-order valence-electron chi connectivity index (χ0n) is 7.92. The van der Waals surface area contributed by atoms with Gasteiger partial charge in [0.1, 0.15) is 0 Å². The molecule has 0 bridgehead atoms. The first-order valence-corrected chi connectivity index (χ1v) is 4.97. The largest absolute Gasteiger partial charge is 0.339 e. The van der Waals surface area contributed by atoms with Gasteiger partial charge in [-0.2, -0.15) is 0 Å². The smallest absolute Gasteiger partial charge is 0.219 e. The predicted molar refractivity (Wildman–Crippen MR) is 47.7 cm³/mol. The first-order valence-electron chi connectivity index (χ1n) is 4.97. The molecule has 2 nitrogen and oxygen atoms in total. The lowest BCUT2D eigenvalue weighted by Gasteiger charge is -2.26. The monoisotopic (exact) mass is 167 g/mol. The summed E-state index contributed by atoms with van der Waals surface area (Å²) in [6, 6.07) is 0.586. The number of rotatable bonds is 0. The summed E-state index contributed by atoms with van der Waals surface area (Å²) in [5, 5.41) is 0. The van der Waals surface area contributed by atoms with Gasteiger partial charge in [0.2, 0.25) is 5.91 Å². The number of hydrogen-bond donors (Lipinski definition) is 0. The van der Waals surface area contributed by atoms with Crippen LogP contribution in [0.4, 0.5) is 0 Å². The predicted octanol–water partition coefficient (Wildman–Crippen LogP) is 1.65. The molecule has 2 heteroatoms. The molecule has 1 aliphatic carbocycles. The van der Waals surface area contributed by atoms with Crippen LogP contribution >= 0.6 is 0 Å². The molecule has 1 amide bonds. The lowest BCUT2D eigenvalue weighted by atomic mass is 10.0. The van der Waals surface area contributed by atoms with Crippen LogP contribution in [-0.4, -0.2) is 23.4 Å². The zero-order valence-corrected chi connectivity index (χ0v) is 7.92. The topological polar surface area (TPSA) is 20.3 Å². The average molecular weight is 167 g/mol. The van der Waals surface area contributed by atoms with Crippen molar-refractivity contribution in [1.29, 1.82) is 0 Å². The quantitative estimate of drug-likeness (QED) is 0.537. The molecule has 12 heavy (non-hydrogen) atoms. The normalized spacial score (nSPS) is 40.2. The number of amides is 1. The zero-order chi connectivity index (χ0) is 8.72. The van der Waals surface area contributed by atoms with Crippen LogP contribution in [0.1, 0.15) is 33.1 Å². The van der Waals surface area contributed by atoms with Crippen molar-refractivity contribution in [3.05, 3.63) is 0 Å². The van der Waals surface area contributed by atoms with E-state index in [2.05, 4.69) is 11.8 Å². The number of nitrogens with zero attached hydrogens (tertiary/aromatic N) is 1. The van der Waals surface area contributed by atoms with E-state index in [-0.39, 0.29) is 5.91 Å². The van der Waals surface area contributed by atoms with Crippen molar-refractivity contribution in [1.82, 2.24) is 4.90 Å². The molecule has 0 aromatic heterocycles. The third kappa shape index (κ3) is 1.05. The van der Waals surface area contributed by atoms with Crippen molar-refractivity contribution in [3.63, 3.8) is 0 Å². The summed E-state index contributed by atoms with van der Waals surface area (Å²) in [4.78, 5) is 13.3. The molecule has 3 unspecified atom stereocenters. The van der Waals surface area contributed by atoms with Crippen LogP contribution in [0.25, 0.3) is 0 Å². The highest BCUT2D eigenvalue weighted by atomic mass is 16.2. The van der Waals surface area contributed by atoms with Crippen molar-refractivity contribution in [2.45, 2.75) is 39.2 Å². The minimum Gasteiger partial charge on any atom is -0.339 e. The van der Waals surface area contributed by atoms with Gasteiger partial charge in [0, 0.05) is 19.5 Å².